The Morgan fingerprint density at radius 2 is 2.00 bits per heavy atom. The van der Waals surface area contributed by atoms with Crippen molar-refractivity contribution in [2.75, 3.05) is 5.01 Å². The summed E-state index contributed by atoms with van der Waals surface area (Å²) in [4.78, 5) is 12.1. The molecular weight excluding hydrogens is 228 g/mol. The van der Waals surface area contributed by atoms with E-state index in [-0.39, 0.29) is 5.91 Å². The van der Waals surface area contributed by atoms with Gasteiger partial charge in [0.25, 0.3) is 5.91 Å². The van der Waals surface area contributed by atoms with Crippen LogP contribution >= 0.6 is 0 Å². The van der Waals surface area contributed by atoms with Crippen molar-refractivity contribution in [2.24, 2.45) is 5.10 Å². The van der Waals surface area contributed by atoms with Crippen LogP contribution in [0.2, 0.25) is 0 Å². The highest BCUT2D eigenvalue weighted by atomic mass is 16.3. The zero-order valence-corrected chi connectivity index (χ0v) is 9.48. The van der Waals surface area contributed by atoms with Gasteiger partial charge in [0.05, 0.1) is 30.0 Å². The minimum Gasteiger partial charge on any atom is -0.472 e. The van der Waals surface area contributed by atoms with E-state index in [4.69, 9.17) is 4.42 Å². The lowest BCUT2D eigenvalue weighted by atomic mass is 10.2. The number of rotatable bonds is 2. The Bertz CT molecular complexity index is 613. The summed E-state index contributed by atoms with van der Waals surface area (Å²) in [5.41, 5.74) is 2.15. The Morgan fingerprint density at radius 1 is 1.17 bits per heavy atom. The molecule has 0 spiro atoms. The summed E-state index contributed by atoms with van der Waals surface area (Å²) in [5, 5.41) is 5.49. The van der Waals surface area contributed by atoms with E-state index in [1.165, 1.54) is 5.01 Å². The number of hydrazone groups is 1. The highest BCUT2D eigenvalue weighted by Crippen LogP contribution is 2.21. The Kier molecular flexibility index (Phi) is 2.53. The first-order chi connectivity index (χ1) is 8.84. The van der Waals surface area contributed by atoms with Gasteiger partial charge in [-0.2, -0.15) is 10.1 Å². The fraction of sp³-hybridized carbons (Fsp3) is 0. The number of carbonyl (C=O) groups excluding carboxylic acids is 1. The average Bonchev–Trinajstić information content (AvgIpc) is 3.03. The summed E-state index contributed by atoms with van der Waals surface area (Å²) >= 11 is 0. The van der Waals surface area contributed by atoms with Crippen LogP contribution in [0.15, 0.2) is 64.0 Å². The van der Waals surface area contributed by atoms with Crippen LogP contribution in [0.25, 0.3) is 6.08 Å². The topological polar surface area (TPSA) is 45.8 Å². The number of hydrogen-bond acceptors (Lipinski definition) is 3. The third-order valence-corrected chi connectivity index (χ3v) is 2.62. The lowest BCUT2D eigenvalue weighted by Crippen LogP contribution is -2.20. The molecule has 88 valence electrons. The van der Waals surface area contributed by atoms with Crippen LogP contribution in [0.3, 0.4) is 0 Å². The first kappa shape index (κ1) is 10.5. The molecule has 1 amide bonds. The second-order valence-electron chi connectivity index (χ2n) is 3.85. The van der Waals surface area contributed by atoms with Crippen LogP contribution in [0, 0.1) is 0 Å². The molecule has 3 rings (SSSR count). The first-order valence-electron chi connectivity index (χ1n) is 5.52. The molecular formula is C14H10N2O2. The normalized spacial score (nSPS) is 16.8. The Balaban J connectivity index is 1.88. The second kappa shape index (κ2) is 4.33. The van der Waals surface area contributed by atoms with Gasteiger partial charge in [0, 0.05) is 5.56 Å². The smallest absolute Gasteiger partial charge is 0.280 e. The predicted octanol–water partition coefficient (Wildman–Crippen LogP) is 2.70. The molecule has 2 aromatic rings. The van der Waals surface area contributed by atoms with Gasteiger partial charge in [-0.3, -0.25) is 4.79 Å². The lowest BCUT2D eigenvalue weighted by Gasteiger charge is -2.10. The van der Waals surface area contributed by atoms with E-state index in [0.29, 0.717) is 5.57 Å². The maximum absolute atomic E-state index is 12.1. The summed E-state index contributed by atoms with van der Waals surface area (Å²) in [7, 11) is 0. The van der Waals surface area contributed by atoms with Gasteiger partial charge in [0.15, 0.2) is 0 Å². The Morgan fingerprint density at radius 3 is 2.72 bits per heavy atom. The van der Waals surface area contributed by atoms with Crippen molar-refractivity contribution in [1.82, 2.24) is 0 Å². The number of benzene rings is 1. The van der Waals surface area contributed by atoms with Gasteiger partial charge in [0.2, 0.25) is 0 Å². The van der Waals surface area contributed by atoms with Gasteiger partial charge < -0.3 is 4.42 Å². The average molecular weight is 238 g/mol. The summed E-state index contributed by atoms with van der Waals surface area (Å²) in [6, 6.07) is 11.1. The van der Waals surface area contributed by atoms with E-state index in [1.54, 1.807) is 30.9 Å². The molecule has 1 aromatic carbocycles. The van der Waals surface area contributed by atoms with Gasteiger partial charge in [-0.05, 0) is 24.3 Å². The number of hydrogen-bond donors (Lipinski definition) is 0. The molecule has 0 N–H and O–H groups in total. The number of amides is 1. The van der Waals surface area contributed by atoms with E-state index >= 15 is 0 Å². The minimum atomic E-state index is -0.137. The molecule has 0 bridgehead atoms. The molecule has 0 unspecified atom stereocenters. The van der Waals surface area contributed by atoms with E-state index in [9.17, 15) is 4.79 Å². The fourth-order valence-electron chi connectivity index (χ4n) is 1.74. The van der Waals surface area contributed by atoms with E-state index in [2.05, 4.69) is 5.10 Å². The number of carbonyl (C=O) groups is 1. The van der Waals surface area contributed by atoms with Crippen molar-refractivity contribution in [1.29, 1.82) is 0 Å². The van der Waals surface area contributed by atoms with Crippen molar-refractivity contribution in [3.63, 3.8) is 0 Å². The van der Waals surface area contributed by atoms with Crippen molar-refractivity contribution >= 4 is 23.9 Å². The molecule has 2 heterocycles. The van der Waals surface area contributed by atoms with Crippen LogP contribution in [0.4, 0.5) is 5.69 Å². The van der Waals surface area contributed by atoms with Crippen LogP contribution in [-0.2, 0) is 4.79 Å². The van der Waals surface area contributed by atoms with Gasteiger partial charge in [-0.1, -0.05) is 18.2 Å². The van der Waals surface area contributed by atoms with Gasteiger partial charge in [0.1, 0.15) is 0 Å². The maximum atomic E-state index is 12.1. The van der Waals surface area contributed by atoms with Gasteiger partial charge in [-0.25, -0.2) is 0 Å². The molecule has 0 saturated carbocycles. The second-order valence-corrected chi connectivity index (χ2v) is 3.85. The molecule has 0 saturated heterocycles. The fourth-order valence-corrected chi connectivity index (χ4v) is 1.74. The van der Waals surface area contributed by atoms with E-state index in [0.717, 1.165) is 11.3 Å². The van der Waals surface area contributed by atoms with Crippen molar-refractivity contribution in [3.8, 4) is 0 Å². The molecule has 4 heteroatoms. The molecule has 18 heavy (non-hydrogen) atoms. The summed E-state index contributed by atoms with van der Waals surface area (Å²) in [6.07, 6.45) is 6.46. The Hall–Kier alpha value is -2.62. The molecule has 1 aromatic heterocycles. The molecule has 1 aliphatic heterocycles. The van der Waals surface area contributed by atoms with Crippen molar-refractivity contribution in [2.45, 2.75) is 0 Å². The first-order valence-corrected chi connectivity index (χ1v) is 5.52. The highest BCUT2D eigenvalue weighted by molar-refractivity contribution is 6.25. The van der Waals surface area contributed by atoms with Crippen LogP contribution in [0.1, 0.15) is 5.56 Å². The van der Waals surface area contributed by atoms with Crippen molar-refractivity contribution < 1.29 is 9.21 Å². The van der Waals surface area contributed by atoms with Crippen LogP contribution < -0.4 is 5.01 Å². The molecule has 0 aliphatic carbocycles. The summed E-state index contributed by atoms with van der Waals surface area (Å²) in [6.45, 7) is 0. The standard InChI is InChI=1S/C14H10N2O2/c17-14-12(8-11-6-7-18-10-11)9-15-16(14)13-4-2-1-3-5-13/h1-10H. The lowest BCUT2D eigenvalue weighted by molar-refractivity contribution is -0.114. The van der Waals surface area contributed by atoms with E-state index < -0.39 is 0 Å². The SMILES string of the molecule is O=C1C(=Cc2ccoc2)C=NN1c1ccccc1. The zero-order chi connectivity index (χ0) is 12.4. The highest BCUT2D eigenvalue weighted by Gasteiger charge is 2.23. The van der Waals surface area contributed by atoms with E-state index in [1.807, 2.05) is 30.3 Å². The quantitative estimate of drug-likeness (QED) is 0.755. The predicted molar refractivity (Wildman–Crippen MR) is 69.1 cm³/mol. The van der Waals surface area contributed by atoms with Crippen LogP contribution in [-0.4, -0.2) is 12.1 Å². The van der Waals surface area contributed by atoms with Crippen molar-refractivity contribution in [3.05, 3.63) is 60.1 Å². The maximum Gasteiger partial charge on any atom is 0.280 e. The third kappa shape index (κ3) is 1.84. The molecule has 1 aliphatic rings. The molecule has 4 nitrogen and oxygen atoms in total. The van der Waals surface area contributed by atoms with Crippen LogP contribution in [0.5, 0.6) is 0 Å². The monoisotopic (exact) mass is 238 g/mol. The summed E-state index contributed by atoms with van der Waals surface area (Å²) < 4.78 is 4.96. The molecule has 0 radical (unpaired) electrons. The number of furan rings is 1. The number of anilines is 1. The molecule has 0 fully saturated rings. The Labute approximate surface area is 104 Å². The largest absolute Gasteiger partial charge is 0.472 e. The zero-order valence-electron chi connectivity index (χ0n) is 9.48. The summed E-state index contributed by atoms with van der Waals surface area (Å²) in [5.74, 6) is -0.137. The number of para-hydroxylation sites is 1. The van der Waals surface area contributed by atoms with Gasteiger partial charge >= 0.3 is 0 Å². The number of nitrogens with zero attached hydrogens (tertiary/aromatic N) is 2. The van der Waals surface area contributed by atoms with Gasteiger partial charge in [-0.15, -0.1) is 0 Å². The minimum absolute atomic E-state index is 0.137. The molecule has 0 atom stereocenters. The third-order valence-electron chi connectivity index (χ3n) is 2.62.